The van der Waals surface area contributed by atoms with E-state index in [9.17, 15) is 0 Å². The Balaban J connectivity index is 2.68. The van der Waals surface area contributed by atoms with Crippen LogP contribution in [0.4, 0.5) is 0 Å². The van der Waals surface area contributed by atoms with Crippen LogP contribution in [0.2, 0.25) is 0 Å². The fraction of sp³-hybridized carbons (Fsp3) is 1.00. The van der Waals surface area contributed by atoms with Crippen LogP contribution in [-0.2, 0) is 0 Å². The molecular weight excluding hydrogens is 88.1 g/mol. The lowest BCUT2D eigenvalue weighted by Crippen LogP contribution is -2.30. The van der Waals surface area contributed by atoms with Gasteiger partial charge in [0.05, 0.1) is 0 Å². The Morgan fingerprint density at radius 2 is 2.00 bits per heavy atom. The first kappa shape index (κ1) is 6.92. The van der Waals surface area contributed by atoms with E-state index >= 15 is 0 Å². The number of hydrazine groups is 1. The summed E-state index contributed by atoms with van der Waals surface area (Å²) in [5.74, 6) is 0. The zero-order valence-electron chi connectivity index (χ0n) is 5.36. The molecule has 0 aromatic rings. The molecule has 0 heterocycles. The number of hydrogen-bond donors (Lipinski definition) is 1. The molecule has 7 heavy (non-hydrogen) atoms. The summed E-state index contributed by atoms with van der Waals surface area (Å²) in [6, 6.07) is 0. The van der Waals surface area contributed by atoms with Gasteiger partial charge in [0.15, 0.2) is 0 Å². The highest BCUT2D eigenvalue weighted by molar-refractivity contribution is 4.32. The zero-order valence-corrected chi connectivity index (χ0v) is 5.36. The molecule has 0 atom stereocenters. The van der Waals surface area contributed by atoms with E-state index in [4.69, 9.17) is 0 Å². The van der Waals surface area contributed by atoms with Gasteiger partial charge >= 0.3 is 0 Å². The lowest BCUT2D eigenvalue weighted by molar-refractivity contribution is 0.291. The van der Waals surface area contributed by atoms with Gasteiger partial charge in [-0.2, -0.15) is 0 Å². The molecule has 0 aliphatic rings. The van der Waals surface area contributed by atoms with Gasteiger partial charge < -0.3 is 0 Å². The molecule has 0 aromatic carbocycles. The summed E-state index contributed by atoms with van der Waals surface area (Å²) in [5.41, 5.74) is 3.13. The molecule has 2 nitrogen and oxygen atoms in total. The molecule has 1 N–H and O–H groups in total. The summed E-state index contributed by atoms with van der Waals surface area (Å²) >= 11 is 0. The van der Waals surface area contributed by atoms with Crippen molar-refractivity contribution in [3.63, 3.8) is 0 Å². The second kappa shape index (κ2) is 4.09. The van der Waals surface area contributed by atoms with Crippen LogP contribution in [0.15, 0.2) is 0 Å². The summed E-state index contributed by atoms with van der Waals surface area (Å²) in [7, 11) is 3.99. The number of rotatable bonds is 3. The second-order valence-electron chi connectivity index (χ2n) is 1.80. The van der Waals surface area contributed by atoms with Gasteiger partial charge in [-0.1, -0.05) is 6.92 Å². The minimum Gasteiger partial charge on any atom is -0.256 e. The first-order chi connectivity index (χ1) is 3.27. The van der Waals surface area contributed by atoms with Gasteiger partial charge in [-0.15, -0.1) is 0 Å². The molecular formula is C5H14N2. The fourth-order valence-corrected chi connectivity index (χ4v) is 0.335. The first-order valence-corrected chi connectivity index (χ1v) is 2.68. The third-order valence-corrected chi connectivity index (χ3v) is 0.678. The van der Waals surface area contributed by atoms with E-state index in [-0.39, 0.29) is 0 Å². The Morgan fingerprint density at radius 1 is 1.43 bits per heavy atom. The molecule has 44 valence electrons. The Bertz CT molecular complexity index is 35.1. The van der Waals surface area contributed by atoms with E-state index in [0.29, 0.717) is 0 Å². The standard InChI is InChI=1S/C5H14N2/c1-4-5-6-7(2)3/h6H,4-5H2,1-3H3. The lowest BCUT2D eigenvalue weighted by Gasteiger charge is -2.08. The highest BCUT2D eigenvalue weighted by atomic mass is 15.5. The van der Waals surface area contributed by atoms with E-state index in [1.165, 1.54) is 6.42 Å². The van der Waals surface area contributed by atoms with E-state index in [1.807, 2.05) is 19.1 Å². The number of hydrogen-bond acceptors (Lipinski definition) is 2. The maximum absolute atomic E-state index is 3.13. The average Bonchev–Trinajstić information content (AvgIpc) is 1.61. The van der Waals surface area contributed by atoms with Crippen molar-refractivity contribution in [1.29, 1.82) is 0 Å². The summed E-state index contributed by atoms with van der Waals surface area (Å²) in [6.45, 7) is 3.23. The third-order valence-electron chi connectivity index (χ3n) is 0.678. The van der Waals surface area contributed by atoms with Gasteiger partial charge in [0.2, 0.25) is 0 Å². The largest absolute Gasteiger partial charge is 0.256 e. The molecule has 0 fully saturated rings. The van der Waals surface area contributed by atoms with E-state index in [1.54, 1.807) is 0 Å². The minimum absolute atomic E-state index is 1.08. The number of nitrogens with one attached hydrogen (secondary N) is 1. The number of nitrogens with zero attached hydrogens (tertiary/aromatic N) is 1. The van der Waals surface area contributed by atoms with Crippen LogP contribution < -0.4 is 5.43 Å². The Labute approximate surface area is 45.5 Å². The molecule has 0 saturated carbocycles. The summed E-state index contributed by atoms with van der Waals surface area (Å²) in [5, 5.41) is 1.96. The smallest absolute Gasteiger partial charge is 0.00993 e. The van der Waals surface area contributed by atoms with Gasteiger partial charge in [0.1, 0.15) is 0 Å². The van der Waals surface area contributed by atoms with Gasteiger partial charge in [-0.05, 0) is 6.42 Å². The zero-order chi connectivity index (χ0) is 5.70. The maximum Gasteiger partial charge on any atom is 0.00993 e. The fourth-order valence-electron chi connectivity index (χ4n) is 0.335. The first-order valence-electron chi connectivity index (χ1n) is 2.68. The molecule has 0 radical (unpaired) electrons. The topological polar surface area (TPSA) is 15.3 Å². The van der Waals surface area contributed by atoms with Crippen molar-refractivity contribution in [1.82, 2.24) is 10.4 Å². The van der Waals surface area contributed by atoms with Crippen molar-refractivity contribution >= 4 is 0 Å². The lowest BCUT2D eigenvalue weighted by atomic mass is 10.5. The molecule has 0 unspecified atom stereocenters. The molecule has 0 spiro atoms. The normalized spacial score (nSPS) is 10.3. The molecule has 0 aliphatic carbocycles. The third kappa shape index (κ3) is 5.92. The molecule has 0 rings (SSSR count). The summed E-state index contributed by atoms with van der Waals surface area (Å²) < 4.78 is 0. The summed E-state index contributed by atoms with van der Waals surface area (Å²) in [4.78, 5) is 0. The van der Waals surface area contributed by atoms with Gasteiger partial charge in [-0.25, -0.2) is 0 Å². The van der Waals surface area contributed by atoms with Crippen LogP contribution in [0.5, 0.6) is 0 Å². The van der Waals surface area contributed by atoms with Crippen molar-refractivity contribution in [2.45, 2.75) is 13.3 Å². The molecule has 2 heteroatoms. The monoisotopic (exact) mass is 102 g/mol. The van der Waals surface area contributed by atoms with Crippen molar-refractivity contribution in [3.05, 3.63) is 0 Å². The highest BCUT2D eigenvalue weighted by Gasteiger charge is 1.80. The maximum atomic E-state index is 3.13. The van der Waals surface area contributed by atoms with Crippen LogP contribution in [-0.4, -0.2) is 25.6 Å². The molecule has 0 bridgehead atoms. The van der Waals surface area contributed by atoms with Crippen molar-refractivity contribution in [3.8, 4) is 0 Å². The molecule has 0 aromatic heterocycles. The van der Waals surface area contributed by atoms with Crippen LogP contribution in [0, 0.1) is 0 Å². The minimum atomic E-state index is 1.08. The van der Waals surface area contributed by atoms with Crippen LogP contribution >= 0.6 is 0 Å². The highest BCUT2D eigenvalue weighted by Crippen LogP contribution is 1.68. The molecule has 0 amide bonds. The van der Waals surface area contributed by atoms with E-state index in [0.717, 1.165) is 6.54 Å². The SMILES string of the molecule is CCCNN(C)C. The van der Waals surface area contributed by atoms with Gasteiger partial charge in [0.25, 0.3) is 0 Å². The van der Waals surface area contributed by atoms with Crippen LogP contribution in [0.1, 0.15) is 13.3 Å². The summed E-state index contributed by atoms with van der Waals surface area (Å²) in [6.07, 6.45) is 1.19. The quantitative estimate of drug-likeness (QED) is 0.521. The second-order valence-corrected chi connectivity index (χ2v) is 1.80. The van der Waals surface area contributed by atoms with Gasteiger partial charge in [-0.3, -0.25) is 10.4 Å². The van der Waals surface area contributed by atoms with Crippen molar-refractivity contribution in [2.24, 2.45) is 0 Å². The van der Waals surface area contributed by atoms with Crippen molar-refractivity contribution < 1.29 is 0 Å². The van der Waals surface area contributed by atoms with Crippen LogP contribution in [0.3, 0.4) is 0 Å². The van der Waals surface area contributed by atoms with E-state index in [2.05, 4.69) is 12.3 Å². The predicted octanol–water partition coefficient (Wildman–Crippen LogP) is 0.463. The van der Waals surface area contributed by atoms with Crippen molar-refractivity contribution in [2.75, 3.05) is 20.6 Å². The molecule has 0 aliphatic heterocycles. The van der Waals surface area contributed by atoms with Gasteiger partial charge in [0, 0.05) is 20.6 Å². The Hall–Kier alpha value is -0.0800. The Morgan fingerprint density at radius 3 is 2.14 bits per heavy atom. The van der Waals surface area contributed by atoms with Crippen LogP contribution in [0.25, 0.3) is 0 Å². The molecule has 0 saturated heterocycles. The average molecular weight is 102 g/mol. The predicted molar refractivity (Wildman–Crippen MR) is 32.0 cm³/mol. The Kier molecular flexibility index (Phi) is 4.04. The van der Waals surface area contributed by atoms with E-state index < -0.39 is 0 Å².